The number of amides is 3. The van der Waals surface area contributed by atoms with Crippen LogP contribution in [-0.2, 0) is 6.54 Å². The molecule has 2 N–H and O–H groups in total. The van der Waals surface area contributed by atoms with E-state index in [1.165, 1.54) is 4.90 Å². The van der Waals surface area contributed by atoms with Crippen molar-refractivity contribution in [1.82, 2.24) is 9.80 Å². The zero-order valence-electron chi connectivity index (χ0n) is 10.3. The standard InChI is InChI=1S/C12H15N3O3S/c16-11-13-10-7-19-6-8(10)5-15(11)9-1-3-14(4-2-9)12(17)18/h6-7,9H,1-5H2,(H,13,16)(H,17,18). The predicted molar refractivity (Wildman–Crippen MR) is 71.5 cm³/mol. The third kappa shape index (κ3) is 2.25. The zero-order chi connectivity index (χ0) is 13.4. The largest absolute Gasteiger partial charge is 0.465 e. The lowest BCUT2D eigenvalue weighted by Gasteiger charge is -2.39. The Morgan fingerprint density at radius 2 is 2.11 bits per heavy atom. The van der Waals surface area contributed by atoms with E-state index in [0.717, 1.165) is 11.3 Å². The summed E-state index contributed by atoms with van der Waals surface area (Å²) < 4.78 is 0. The molecule has 19 heavy (non-hydrogen) atoms. The number of carbonyl (C=O) groups excluding carboxylic acids is 1. The van der Waals surface area contributed by atoms with Gasteiger partial charge >= 0.3 is 12.1 Å². The van der Waals surface area contributed by atoms with Crippen LogP contribution in [0.5, 0.6) is 0 Å². The fourth-order valence-corrected chi connectivity index (χ4v) is 3.44. The van der Waals surface area contributed by atoms with Gasteiger partial charge in [-0.1, -0.05) is 0 Å². The van der Waals surface area contributed by atoms with Crippen LogP contribution in [-0.4, -0.2) is 46.2 Å². The monoisotopic (exact) mass is 281 g/mol. The summed E-state index contributed by atoms with van der Waals surface area (Å²) in [5, 5.41) is 15.8. The summed E-state index contributed by atoms with van der Waals surface area (Å²) in [7, 11) is 0. The number of likely N-dealkylation sites (tertiary alicyclic amines) is 1. The van der Waals surface area contributed by atoms with Crippen molar-refractivity contribution in [3.05, 3.63) is 16.3 Å². The molecular weight excluding hydrogens is 266 g/mol. The SMILES string of the molecule is O=C(O)N1CCC(N2Cc3cscc3NC2=O)CC1. The van der Waals surface area contributed by atoms with Gasteiger partial charge in [-0.25, -0.2) is 9.59 Å². The fourth-order valence-electron chi connectivity index (χ4n) is 2.66. The lowest BCUT2D eigenvalue weighted by molar-refractivity contribution is 0.104. The number of fused-ring (bicyclic) bond motifs is 1. The summed E-state index contributed by atoms with van der Waals surface area (Å²) in [6, 6.07) is 0.0586. The average Bonchev–Trinajstić information content (AvgIpc) is 2.85. The van der Waals surface area contributed by atoms with Crippen molar-refractivity contribution in [2.24, 2.45) is 0 Å². The number of thiophene rings is 1. The van der Waals surface area contributed by atoms with E-state index >= 15 is 0 Å². The van der Waals surface area contributed by atoms with Gasteiger partial charge in [-0.05, 0) is 18.2 Å². The Bertz CT molecular complexity index is 508. The minimum absolute atomic E-state index is 0.0697. The summed E-state index contributed by atoms with van der Waals surface area (Å²) in [5.74, 6) is 0. The molecule has 0 unspecified atom stereocenters. The van der Waals surface area contributed by atoms with Crippen LogP contribution in [0.2, 0.25) is 0 Å². The maximum atomic E-state index is 12.1. The van der Waals surface area contributed by atoms with Crippen LogP contribution in [0.1, 0.15) is 18.4 Å². The number of nitrogens with zero attached hydrogens (tertiary/aromatic N) is 2. The van der Waals surface area contributed by atoms with Gasteiger partial charge in [0.25, 0.3) is 0 Å². The van der Waals surface area contributed by atoms with Gasteiger partial charge < -0.3 is 20.2 Å². The Hall–Kier alpha value is -1.76. The molecule has 6 nitrogen and oxygen atoms in total. The first-order valence-electron chi connectivity index (χ1n) is 6.25. The Kier molecular flexibility index (Phi) is 3.06. The Labute approximate surface area is 114 Å². The van der Waals surface area contributed by atoms with Crippen molar-refractivity contribution in [2.45, 2.75) is 25.4 Å². The molecule has 0 aromatic carbocycles. The van der Waals surface area contributed by atoms with Crippen molar-refractivity contribution >= 4 is 29.1 Å². The van der Waals surface area contributed by atoms with E-state index in [4.69, 9.17) is 5.11 Å². The molecule has 2 aliphatic heterocycles. The lowest BCUT2D eigenvalue weighted by atomic mass is 10.0. The molecular formula is C12H15N3O3S. The van der Waals surface area contributed by atoms with E-state index in [9.17, 15) is 9.59 Å². The molecule has 3 heterocycles. The topological polar surface area (TPSA) is 72.9 Å². The number of piperidine rings is 1. The molecule has 0 saturated carbocycles. The minimum atomic E-state index is -0.873. The third-order valence-corrected chi connectivity index (χ3v) is 4.55. The highest BCUT2D eigenvalue weighted by molar-refractivity contribution is 7.08. The summed E-state index contributed by atoms with van der Waals surface area (Å²) >= 11 is 1.58. The van der Waals surface area contributed by atoms with Gasteiger partial charge in [0.15, 0.2) is 0 Å². The quantitative estimate of drug-likeness (QED) is 0.829. The highest BCUT2D eigenvalue weighted by Crippen LogP contribution is 2.30. The van der Waals surface area contributed by atoms with Crippen molar-refractivity contribution in [1.29, 1.82) is 0 Å². The summed E-state index contributed by atoms with van der Waals surface area (Å²) in [6.07, 6.45) is 0.542. The van der Waals surface area contributed by atoms with Crippen LogP contribution in [0.4, 0.5) is 15.3 Å². The van der Waals surface area contributed by atoms with Crippen LogP contribution < -0.4 is 5.32 Å². The highest BCUT2D eigenvalue weighted by Gasteiger charge is 2.32. The van der Waals surface area contributed by atoms with E-state index in [2.05, 4.69) is 5.32 Å². The molecule has 0 radical (unpaired) electrons. The van der Waals surface area contributed by atoms with Crippen LogP contribution in [0.25, 0.3) is 0 Å². The molecule has 1 saturated heterocycles. The van der Waals surface area contributed by atoms with Gasteiger partial charge in [-0.3, -0.25) is 0 Å². The van der Waals surface area contributed by atoms with Crippen molar-refractivity contribution in [3.63, 3.8) is 0 Å². The summed E-state index contributed by atoms with van der Waals surface area (Å²) in [6.45, 7) is 1.63. The molecule has 0 atom stereocenters. The second-order valence-electron chi connectivity index (χ2n) is 4.87. The summed E-state index contributed by atoms with van der Waals surface area (Å²) in [4.78, 5) is 26.2. The lowest BCUT2D eigenvalue weighted by Crippen LogP contribution is -2.50. The number of carbonyl (C=O) groups is 2. The smallest absolute Gasteiger partial charge is 0.407 e. The molecule has 2 aliphatic rings. The van der Waals surface area contributed by atoms with E-state index < -0.39 is 6.09 Å². The number of carboxylic acid groups (broad SMARTS) is 1. The number of hydrogen-bond donors (Lipinski definition) is 2. The molecule has 3 amide bonds. The maximum Gasteiger partial charge on any atom is 0.407 e. The van der Waals surface area contributed by atoms with Gasteiger partial charge in [0, 0.05) is 30.1 Å². The van der Waals surface area contributed by atoms with Crippen molar-refractivity contribution in [3.8, 4) is 0 Å². The van der Waals surface area contributed by atoms with Gasteiger partial charge in [-0.2, -0.15) is 0 Å². The van der Waals surface area contributed by atoms with Gasteiger partial charge in [0.2, 0.25) is 0 Å². The molecule has 0 spiro atoms. The molecule has 1 fully saturated rings. The third-order valence-electron chi connectivity index (χ3n) is 3.76. The fraction of sp³-hybridized carbons (Fsp3) is 0.500. The number of rotatable bonds is 1. The molecule has 0 bridgehead atoms. The molecule has 7 heteroatoms. The first-order valence-corrected chi connectivity index (χ1v) is 7.20. The molecule has 1 aromatic rings. The van der Waals surface area contributed by atoms with Crippen LogP contribution >= 0.6 is 11.3 Å². The number of hydrogen-bond acceptors (Lipinski definition) is 3. The van der Waals surface area contributed by atoms with E-state index in [0.29, 0.717) is 32.5 Å². The Morgan fingerprint density at radius 3 is 2.79 bits per heavy atom. The van der Waals surface area contributed by atoms with Gasteiger partial charge in [-0.15, -0.1) is 11.3 Å². The normalized spacial score (nSPS) is 20.1. The summed E-state index contributed by atoms with van der Waals surface area (Å²) in [5.41, 5.74) is 2.06. The predicted octanol–water partition coefficient (Wildman–Crippen LogP) is 2.24. The number of anilines is 1. The van der Waals surface area contributed by atoms with E-state index in [1.807, 2.05) is 15.7 Å². The number of nitrogens with one attached hydrogen (secondary N) is 1. The molecule has 0 aliphatic carbocycles. The van der Waals surface area contributed by atoms with Crippen LogP contribution in [0, 0.1) is 0 Å². The average molecular weight is 281 g/mol. The van der Waals surface area contributed by atoms with E-state index in [-0.39, 0.29) is 12.1 Å². The second-order valence-corrected chi connectivity index (χ2v) is 5.61. The van der Waals surface area contributed by atoms with Crippen molar-refractivity contribution < 1.29 is 14.7 Å². The highest BCUT2D eigenvalue weighted by atomic mass is 32.1. The Morgan fingerprint density at radius 1 is 1.37 bits per heavy atom. The van der Waals surface area contributed by atoms with Crippen LogP contribution in [0.15, 0.2) is 10.8 Å². The first kappa shape index (κ1) is 12.3. The second kappa shape index (κ2) is 4.73. The Balaban J connectivity index is 1.68. The number of urea groups is 1. The first-order chi connectivity index (χ1) is 9.15. The van der Waals surface area contributed by atoms with Crippen molar-refractivity contribution in [2.75, 3.05) is 18.4 Å². The maximum absolute atomic E-state index is 12.1. The van der Waals surface area contributed by atoms with Crippen LogP contribution in [0.3, 0.4) is 0 Å². The molecule has 1 aromatic heterocycles. The molecule has 102 valence electrons. The zero-order valence-corrected chi connectivity index (χ0v) is 11.2. The van der Waals surface area contributed by atoms with Gasteiger partial charge in [0.1, 0.15) is 0 Å². The molecule has 3 rings (SSSR count). The van der Waals surface area contributed by atoms with E-state index in [1.54, 1.807) is 11.3 Å². The minimum Gasteiger partial charge on any atom is -0.465 e. The van der Waals surface area contributed by atoms with Gasteiger partial charge in [0.05, 0.1) is 12.2 Å².